The molecule has 0 spiro atoms. The minimum absolute atomic E-state index is 0.279. The molecule has 0 aromatic rings. The summed E-state index contributed by atoms with van der Waals surface area (Å²) in [6.07, 6.45) is 2.20. The van der Waals surface area contributed by atoms with E-state index >= 15 is 0 Å². The molecule has 0 fully saturated rings. The van der Waals surface area contributed by atoms with Crippen molar-refractivity contribution in [2.45, 2.75) is 6.92 Å². The summed E-state index contributed by atoms with van der Waals surface area (Å²) in [6, 6.07) is 0. The van der Waals surface area contributed by atoms with Crippen molar-refractivity contribution >= 4 is 5.97 Å². The molecule has 5 nitrogen and oxygen atoms in total. The highest BCUT2D eigenvalue weighted by Gasteiger charge is 1.94. The number of nitrogens with zero attached hydrogens (tertiary/aromatic N) is 1. The van der Waals surface area contributed by atoms with Crippen LogP contribution in [0.3, 0.4) is 0 Å². The molecule has 5 heteroatoms. The molecule has 0 unspecified atom stereocenters. The third-order valence-corrected chi connectivity index (χ3v) is 0.795. The number of hydrogen-bond acceptors (Lipinski definition) is 4. The average molecular weight is 159 g/mol. The molecule has 0 saturated heterocycles. The van der Waals surface area contributed by atoms with Gasteiger partial charge in [-0.1, -0.05) is 0 Å². The Balaban J connectivity index is 3.56. The van der Waals surface area contributed by atoms with Crippen LogP contribution in [-0.2, 0) is 9.53 Å². The standard InChI is InChI=1S/C6H9NO4/c1-2-11-6(8)4-3-5-7(9)10/h3-4H,2,5H2,1H3/b4-3+. The minimum atomic E-state index is -0.547. The summed E-state index contributed by atoms with van der Waals surface area (Å²) >= 11 is 0. The lowest BCUT2D eigenvalue weighted by molar-refractivity contribution is -0.468. The Labute approximate surface area is 63.8 Å². The normalized spacial score (nSPS) is 9.91. The molecule has 0 amide bonds. The summed E-state index contributed by atoms with van der Waals surface area (Å²) in [5.74, 6) is -0.547. The van der Waals surface area contributed by atoms with Crippen molar-refractivity contribution in [2.75, 3.05) is 13.2 Å². The summed E-state index contributed by atoms with van der Waals surface area (Å²) in [5, 5.41) is 9.74. The topological polar surface area (TPSA) is 69.4 Å². The largest absolute Gasteiger partial charge is 0.463 e. The molecular weight excluding hydrogens is 150 g/mol. The minimum Gasteiger partial charge on any atom is -0.463 e. The monoisotopic (exact) mass is 159 g/mol. The molecule has 0 N–H and O–H groups in total. The molecule has 0 atom stereocenters. The van der Waals surface area contributed by atoms with E-state index < -0.39 is 10.9 Å². The van der Waals surface area contributed by atoms with Crippen molar-refractivity contribution < 1.29 is 14.5 Å². The van der Waals surface area contributed by atoms with E-state index in [-0.39, 0.29) is 13.2 Å². The average Bonchev–Trinajstić information content (AvgIpc) is 1.87. The van der Waals surface area contributed by atoms with Crippen LogP contribution in [-0.4, -0.2) is 24.0 Å². The van der Waals surface area contributed by atoms with Crippen molar-refractivity contribution in [3.8, 4) is 0 Å². The molecule has 0 aromatic heterocycles. The molecule has 0 aliphatic heterocycles. The van der Waals surface area contributed by atoms with Crippen LogP contribution in [0.25, 0.3) is 0 Å². The molecule has 0 aliphatic carbocycles. The van der Waals surface area contributed by atoms with Gasteiger partial charge in [0.05, 0.1) is 6.61 Å². The smallest absolute Gasteiger partial charge is 0.330 e. The molecule has 0 aliphatic rings. The lowest BCUT2D eigenvalue weighted by Crippen LogP contribution is -2.01. The van der Waals surface area contributed by atoms with E-state index in [9.17, 15) is 14.9 Å². The van der Waals surface area contributed by atoms with Crippen molar-refractivity contribution in [1.82, 2.24) is 0 Å². The Bertz CT molecular complexity index is 175. The van der Waals surface area contributed by atoms with Gasteiger partial charge >= 0.3 is 5.97 Å². The van der Waals surface area contributed by atoms with Gasteiger partial charge in [-0.25, -0.2) is 4.79 Å². The van der Waals surface area contributed by atoms with E-state index in [1.54, 1.807) is 6.92 Å². The van der Waals surface area contributed by atoms with Crippen LogP contribution in [0.1, 0.15) is 6.92 Å². The van der Waals surface area contributed by atoms with Crippen LogP contribution in [0.2, 0.25) is 0 Å². The summed E-state index contributed by atoms with van der Waals surface area (Å²) in [7, 11) is 0. The number of carbonyl (C=O) groups excluding carboxylic acids is 1. The first-order valence-electron chi connectivity index (χ1n) is 3.12. The number of esters is 1. The zero-order valence-corrected chi connectivity index (χ0v) is 6.15. The Morgan fingerprint density at radius 1 is 1.73 bits per heavy atom. The van der Waals surface area contributed by atoms with Crippen LogP contribution in [0, 0.1) is 10.1 Å². The SMILES string of the molecule is CCOC(=O)/C=C/C[N+](=O)[O-]. The van der Waals surface area contributed by atoms with Crippen LogP contribution >= 0.6 is 0 Å². The highest BCUT2D eigenvalue weighted by molar-refractivity contribution is 5.81. The van der Waals surface area contributed by atoms with Crippen molar-refractivity contribution in [2.24, 2.45) is 0 Å². The molecule has 62 valence electrons. The zero-order chi connectivity index (χ0) is 8.69. The van der Waals surface area contributed by atoms with Crippen LogP contribution in [0.5, 0.6) is 0 Å². The van der Waals surface area contributed by atoms with Gasteiger partial charge in [-0.2, -0.15) is 0 Å². The lowest BCUT2D eigenvalue weighted by Gasteiger charge is -1.92. The molecule has 11 heavy (non-hydrogen) atoms. The molecule has 0 aromatic carbocycles. The number of carbonyl (C=O) groups is 1. The van der Waals surface area contributed by atoms with Gasteiger partial charge in [0, 0.05) is 11.0 Å². The van der Waals surface area contributed by atoms with Gasteiger partial charge in [-0.05, 0) is 13.0 Å². The Morgan fingerprint density at radius 3 is 2.82 bits per heavy atom. The first-order chi connectivity index (χ1) is 5.16. The summed E-state index contributed by atoms with van der Waals surface area (Å²) in [6.45, 7) is 1.60. The molecule has 0 saturated carbocycles. The Hall–Kier alpha value is -1.39. The van der Waals surface area contributed by atoms with Gasteiger partial charge in [-0.15, -0.1) is 0 Å². The third-order valence-electron chi connectivity index (χ3n) is 0.795. The molecular formula is C6H9NO4. The van der Waals surface area contributed by atoms with Gasteiger partial charge in [-0.3, -0.25) is 10.1 Å². The molecule has 0 bridgehead atoms. The number of nitro groups is 1. The third kappa shape index (κ3) is 6.50. The quantitative estimate of drug-likeness (QED) is 0.257. The van der Waals surface area contributed by atoms with E-state index in [4.69, 9.17) is 0 Å². The summed E-state index contributed by atoms with van der Waals surface area (Å²) in [5.41, 5.74) is 0. The van der Waals surface area contributed by atoms with E-state index in [2.05, 4.69) is 4.74 Å². The van der Waals surface area contributed by atoms with Gasteiger partial charge in [0.25, 0.3) is 0 Å². The second-order valence-electron chi connectivity index (χ2n) is 1.67. The van der Waals surface area contributed by atoms with E-state index in [0.29, 0.717) is 0 Å². The number of ether oxygens (including phenoxy) is 1. The van der Waals surface area contributed by atoms with Crippen LogP contribution in [0.15, 0.2) is 12.2 Å². The predicted molar refractivity (Wildman–Crippen MR) is 37.6 cm³/mol. The Kier molecular flexibility index (Phi) is 4.72. The summed E-state index contributed by atoms with van der Waals surface area (Å²) in [4.78, 5) is 19.7. The van der Waals surface area contributed by atoms with Gasteiger partial charge < -0.3 is 4.74 Å². The van der Waals surface area contributed by atoms with E-state index in [1.807, 2.05) is 0 Å². The van der Waals surface area contributed by atoms with Crippen molar-refractivity contribution in [3.05, 3.63) is 22.3 Å². The second kappa shape index (κ2) is 5.40. The second-order valence-corrected chi connectivity index (χ2v) is 1.67. The van der Waals surface area contributed by atoms with E-state index in [0.717, 1.165) is 12.2 Å². The highest BCUT2D eigenvalue weighted by atomic mass is 16.6. The highest BCUT2D eigenvalue weighted by Crippen LogP contribution is 1.81. The maximum absolute atomic E-state index is 10.5. The zero-order valence-electron chi connectivity index (χ0n) is 6.15. The predicted octanol–water partition coefficient (Wildman–Crippen LogP) is 0.382. The number of rotatable bonds is 4. The van der Waals surface area contributed by atoms with Gasteiger partial charge in [0.2, 0.25) is 6.54 Å². The Morgan fingerprint density at radius 2 is 2.36 bits per heavy atom. The fourth-order valence-corrected chi connectivity index (χ4v) is 0.425. The first kappa shape index (κ1) is 9.61. The van der Waals surface area contributed by atoms with Crippen LogP contribution in [0.4, 0.5) is 0 Å². The van der Waals surface area contributed by atoms with Gasteiger partial charge in [0.15, 0.2) is 0 Å². The fraction of sp³-hybridized carbons (Fsp3) is 0.500. The van der Waals surface area contributed by atoms with Crippen molar-refractivity contribution in [3.63, 3.8) is 0 Å². The number of hydrogen-bond donors (Lipinski definition) is 0. The molecule has 0 heterocycles. The molecule has 0 radical (unpaired) electrons. The maximum atomic E-state index is 10.5. The maximum Gasteiger partial charge on any atom is 0.330 e. The van der Waals surface area contributed by atoms with E-state index in [1.165, 1.54) is 0 Å². The van der Waals surface area contributed by atoms with Gasteiger partial charge in [0.1, 0.15) is 0 Å². The lowest BCUT2D eigenvalue weighted by atomic mass is 10.5. The summed E-state index contributed by atoms with van der Waals surface area (Å²) < 4.78 is 4.48. The fourth-order valence-electron chi connectivity index (χ4n) is 0.425. The first-order valence-corrected chi connectivity index (χ1v) is 3.12. The van der Waals surface area contributed by atoms with Crippen LogP contribution < -0.4 is 0 Å². The molecule has 0 rings (SSSR count). The van der Waals surface area contributed by atoms with Crippen molar-refractivity contribution in [1.29, 1.82) is 0 Å².